The quantitative estimate of drug-likeness (QED) is 0.928. The summed E-state index contributed by atoms with van der Waals surface area (Å²) in [7, 11) is 0. The normalized spacial score (nSPS) is 20.1. The van der Waals surface area contributed by atoms with Gasteiger partial charge in [0.2, 0.25) is 5.91 Å². The Bertz CT molecular complexity index is 758. The maximum Gasteiger partial charge on any atom is 0.289 e. The van der Waals surface area contributed by atoms with Crippen LogP contribution in [-0.2, 0) is 4.79 Å². The lowest BCUT2D eigenvalue weighted by Crippen LogP contribution is -2.39. The van der Waals surface area contributed by atoms with Crippen LogP contribution in [0, 0.1) is 11.7 Å². The Morgan fingerprint density at radius 1 is 1.24 bits per heavy atom. The summed E-state index contributed by atoms with van der Waals surface area (Å²) >= 11 is 0. The Hall–Kier alpha value is -2.63. The third-order valence-corrected chi connectivity index (χ3v) is 4.38. The number of likely N-dealkylation sites (tertiary alicyclic amines) is 1. The first-order valence-electron chi connectivity index (χ1n) is 8.34. The molecule has 0 aliphatic carbocycles. The Balaban J connectivity index is 1.87. The van der Waals surface area contributed by atoms with E-state index in [2.05, 4.69) is 5.32 Å². The summed E-state index contributed by atoms with van der Waals surface area (Å²) in [6.07, 6.45) is 1.44. The van der Waals surface area contributed by atoms with Gasteiger partial charge in [0, 0.05) is 25.0 Å². The molecule has 5 nitrogen and oxygen atoms in total. The van der Waals surface area contributed by atoms with Crippen molar-refractivity contribution in [2.24, 2.45) is 5.92 Å². The molecular weight excluding hydrogens is 323 g/mol. The highest BCUT2D eigenvalue weighted by atomic mass is 19.1. The molecule has 0 bridgehead atoms. The monoisotopic (exact) mass is 344 g/mol. The summed E-state index contributed by atoms with van der Waals surface area (Å²) in [5.41, 5.74) is 0.721. The molecule has 0 saturated carbocycles. The van der Waals surface area contributed by atoms with Gasteiger partial charge in [-0.15, -0.1) is 0 Å². The number of rotatable bonds is 4. The molecule has 1 aliphatic rings. The summed E-state index contributed by atoms with van der Waals surface area (Å²) in [5, 5.41) is 2.90. The first-order chi connectivity index (χ1) is 12.0. The van der Waals surface area contributed by atoms with Gasteiger partial charge in [-0.1, -0.05) is 12.1 Å². The van der Waals surface area contributed by atoms with Gasteiger partial charge in [-0.05, 0) is 43.7 Å². The van der Waals surface area contributed by atoms with Crippen LogP contribution in [0.15, 0.2) is 47.1 Å². The number of nitrogens with zero attached hydrogens (tertiary/aromatic N) is 1. The second kappa shape index (κ2) is 7.09. The van der Waals surface area contributed by atoms with Crippen LogP contribution in [0.2, 0.25) is 0 Å². The van der Waals surface area contributed by atoms with E-state index < -0.39 is 5.92 Å². The zero-order chi connectivity index (χ0) is 18.0. The number of carbonyl (C=O) groups excluding carboxylic acids is 2. The number of furan rings is 1. The topological polar surface area (TPSA) is 62.6 Å². The van der Waals surface area contributed by atoms with Crippen molar-refractivity contribution in [1.29, 1.82) is 0 Å². The zero-order valence-corrected chi connectivity index (χ0v) is 14.2. The number of hydrogen-bond donors (Lipinski definition) is 1. The number of amides is 2. The van der Waals surface area contributed by atoms with Gasteiger partial charge in [0.15, 0.2) is 5.76 Å². The number of hydrogen-bond acceptors (Lipinski definition) is 3. The summed E-state index contributed by atoms with van der Waals surface area (Å²) in [6.45, 7) is 4.39. The first-order valence-corrected chi connectivity index (χ1v) is 8.34. The maximum absolute atomic E-state index is 13.6. The maximum atomic E-state index is 13.6. The SMILES string of the molecule is CC(C)NC(=O)C1CN(C(=O)c2ccco2)CC1c1cccc(F)c1. The molecule has 2 heterocycles. The summed E-state index contributed by atoms with van der Waals surface area (Å²) in [4.78, 5) is 26.8. The van der Waals surface area contributed by atoms with Crippen LogP contribution in [0.1, 0.15) is 35.9 Å². The van der Waals surface area contributed by atoms with E-state index in [0.29, 0.717) is 6.54 Å². The second-order valence-electron chi connectivity index (χ2n) is 6.62. The summed E-state index contributed by atoms with van der Waals surface area (Å²) < 4.78 is 18.8. The molecule has 6 heteroatoms. The van der Waals surface area contributed by atoms with E-state index in [1.54, 1.807) is 29.2 Å². The molecule has 0 radical (unpaired) electrons. The molecule has 1 fully saturated rings. The molecule has 132 valence electrons. The molecule has 2 amide bonds. The predicted molar refractivity (Wildman–Crippen MR) is 90.5 cm³/mol. The Labute approximate surface area is 145 Å². The van der Waals surface area contributed by atoms with Crippen LogP contribution < -0.4 is 5.32 Å². The molecule has 2 unspecified atom stereocenters. The molecule has 1 aromatic carbocycles. The number of halogens is 1. The number of carbonyl (C=O) groups is 2. The minimum Gasteiger partial charge on any atom is -0.459 e. The average Bonchev–Trinajstić information content (AvgIpc) is 3.23. The third kappa shape index (κ3) is 3.73. The van der Waals surface area contributed by atoms with Crippen LogP contribution in [0.5, 0.6) is 0 Å². The predicted octanol–water partition coefficient (Wildman–Crippen LogP) is 2.80. The molecule has 2 aromatic rings. The van der Waals surface area contributed by atoms with Crippen molar-refractivity contribution in [1.82, 2.24) is 10.2 Å². The lowest BCUT2D eigenvalue weighted by Gasteiger charge is -2.19. The fraction of sp³-hybridized carbons (Fsp3) is 0.368. The van der Waals surface area contributed by atoms with E-state index in [4.69, 9.17) is 4.42 Å². The van der Waals surface area contributed by atoms with E-state index in [1.165, 1.54) is 18.4 Å². The second-order valence-corrected chi connectivity index (χ2v) is 6.62. The standard InChI is InChI=1S/C19H21FN2O3/c1-12(2)21-18(23)16-11-22(19(24)17-7-4-8-25-17)10-15(16)13-5-3-6-14(20)9-13/h3-9,12,15-16H,10-11H2,1-2H3,(H,21,23). The van der Waals surface area contributed by atoms with E-state index in [-0.39, 0.29) is 41.9 Å². The van der Waals surface area contributed by atoms with Gasteiger partial charge in [-0.25, -0.2) is 4.39 Å². The van der Waals surface area contributed by atoms with E-state index in [0.717, 1.165) is 5.56 Å². The van der Waals surface area contributed by atoms with Crippen molar-refractivity contribution in [3.05, 3.63) is 59.8 Å². The molecule has 1 saturated heterocycles. The lowest BCUT2D eigenvalue weighted by molar-refractivity contribution is -0.125. The Morgan fingerprint density at radius 3 is 2.68 bits per heavy atom. The molecule has 1 N–H and O–H groups in total. The minimum atomic E-state index is -0.428. The van der Waals surface area contributed by atoms with Gasteiger partial charge in [-0.3, -0.25) is 9.59 Å². The molecule has 0 spiro atoms. The van der Waals surface area contributed by atoms with E-state index >= 15 is 0 Å². The lowest BCUT2D eigenvalue weighted by atomic mass is 9.88. The molecular formula is C19H21FN2O3. The fourth-order valence-electron chi connectivity index (χ4n) is 3.26. The smallest absolute Gasteiger partial charge is 0.289 e. The first kappa shape index (κ1) is 17.2. The van der Waals surface area contributed by atoms with Crippen LogP contribution >= 0.6 is 0 Å². The van der Waals surface area contributed by atoms with Crippen molar-refractivity contribution < 1.29 is 18.4 Å². The highest BCUT2D eigenvalue weighted by Crippen LogP contribution is 2.34. The van der Waals surface area contributed by atoms with Gasteiger partial charge >= 0.3 is 0 Å². The minimum absolute atomic E-state index is 0.00418. The summed E-state index contributed by atoms with van der Waals surface area (Å²) in [5.74, 6) is -1.18. The molecule has 2 atom stereocenters. The van der Waals surface area contributed by atoms with Gasteiger partial charge in [0.05, 0.1) is 12.2 Å². The molecule has 1 aliphatic heterocycles. The van der Waals surface area contributed by atoms with Crippen molar-refractivity contribution in [2.45, 2.75) is 25.8 Å². The van der Waals surface area contributed by atoms with E-state index in [1.807, 2.05) is 13.8 Å². The van der Waals surface area contributed by atoms with Gasteiger partial charge < -0.3 is 14.6 Å². The number of benzene rings is 1. The van der Waals surface area contributed by atoms with Crippen molar-refractivity contribution in [3.8, 4) is 0 Å². The van der Waals surface area contributed by atoms with Gasteiger partial charge in [0.1, 0.15) is 5.82 Å². The molecule has 25 heavy (non-hydrogen) atoms. The van der Waals surface area contributed by atoms with Crippen molar-refractivity contribution in [3.63, 3.8) is 0 Å². The average molecular weight is 344 g/mol. The third-order valence-electron chi connectivity index (χ3n) is 4.38. The van der Waals surface area contributed by atoms with Crippen LogP contribution in [0.3, 0.4) is 0 Å². The molecule has 1 aromatic heterocycles. The number of nitrogens with one attached hydrogen (secondary N) is 1. The van der Waals surface area contributed by atoms with Gasteiger partial charge in [0.25, 0.3) is 5.91 Å². The fourth-order valence-corrected chi connectivity index (χ4v) is 3.26. The Kier molecular flexibility index (Phi) is 4.88. The zero-order valence-electron chi connectivity index (χ0n) is 14.2. The highest BCUT2D eigenvalue weighted by molar-refractivity contribution is 5.92. The molecule has 3 rings (SSSR count). The highest BCUT2D eigenvalue weighted by Gasteiger charge is 2.41. The van der Waals surface area contributed by atoms with Crippen molar-refractivity contribution in [2.75, 3.05) is 13.1 Å². The van der Waals surface area contributed by atoms with Crippen LogP contribution in [0.4, 0.5) is 4.39 Å². The Morgan fingerprint density at radius 2 is 2.04 bits per heavy atom. The largest absolute Gasteiger partial charge is 0.459 e. The van der Waals surface area contributed by atoms with Gasteiger partial charge in [-0.2, -0.15) is 0 Å². The van der Waals surface area contributed by atoms with E-state index in [9.17, 15) is 14.0 Å². The van der Waals surface area contributed by atoms with Crippen LogP contribution in [0.25, 0.3) is 0 Å². The van der Waals surface area contributed by atoms with Crippen molar-refractivity contribution >= 4 is 11.8 Å². The van der Waals surface area contributed by atoms with Crippen LogP contribution in [-0.4, -0.2) is 35.8 Å². The summed E-state index contributed by atoms with van der Waals surface area (Å²) in [6, 6.07) is 9.46.